The average Bonchev–Trinajstić information content (AvgIpc) is 2.79. The Morgan fingerprint density at radius 2 is 1.17 bits per heavy atom. The molecule has 3 aromatic carbocycles. The van der Waals surface area contributed by atoms with Gasteiger partial charge in [0.25, 0.3) is 0 Å². The maximum absolute atomic E-state index is 6.27. The van der Waals surface area contributed by atoms with E-state index in [0.717, 1.165) is 31.6 Å². The zero-order valence-corrected chi connectivity index (χ0v) is 18.0. The first-order valence-electron chi connectivity index (χ1n) is 9.38. The molecule has 1 aromatic heterocycles. The van der Waals surface area contributed by atoms with Crippen LogP contribution in [-0.2, 0) is 13.2 Å². The molecule has 0 aliphatic rings. The monoisotopic (exact) mass is 493 g/mol. The van der Waals surface area contributed by atoms with E-state index in [1.54, 1.807) is 0 Å². The van der Waals surface area contributed by atoms with Gasteiger partial charge in [-0.2, -0.15) is 0 Å². The largest absolute Gasteiger partial charge is 0.487 e. The summed E-state index contributed by atoms with van der Waals surface area (Å²) in [5, 5.41) is 0. The van der Waals surface area contributed by atoms with Crippen molar-refractivity contribution >= 4 is 22.6 Å². The highest BCUT2D eigenvalue weighted by Gasteiger charge is 2.17. The fourth-order valence-electron chi connectivity index (χ4n) is 2.97. The van der Waals surface area contributed by atoms with Gasteiger partial charge in [-0.15, -0.1) is 0 Å². The van der Waals surface area contributed by atoms with Crippen molar-refractivity contribution in [2.45, 2.75) is 13.2 Å². The SMILES string of the molecule is Ic1c(OCc2ccccc2)ncc(-c2ccccc2)c1OCc1ccccc1. The molecule has 0 amide bonds. The van der Waals surface area contributed by atoms with Crippen molar-refractivity contribution in [1.82, 2.24) is 4.98 Å². The highest BCUT2D eigenvalue weighted by molar-refractivity contribution is 14.1. The number of pyridine rings is 1. The van der Waals surface area contributed by atoms with Crippen LogP contribution in [0.15, 0.2) is 97.2 Å². The van der Waals surface area contributed by atoms with Crippen LogP contribution in [0.4, 0.5) is 0 Å². The van der Waals surface area contributed by atoms with Crippen LogP contribution in [0.2, 0.25) is 0 Å². The number of hydrogen-bond donors (Lipinski definition) is 0. The van der Waals surface area contributed by atoms with Gasteiger partial charge < -0.3 is 9.47 Å². The maximum Gasteiger partial charge on any atom is 0.231 e. The van der Waals surface area contributed by atoms with Crippen LogP contribution < -0.4 is 9.47 Å². The lowest BCUT2D eigenvalue weighted by molar-refractivity contribution is 0.278. The van der Waals surface area contributed by atoms with Gasteiger partial charge in [0.1, 0.15) is 22.5 Å². The summed E-state index contributed by atoms with van der Waals surface area (Å²) < 4.78 is 13.2. The fraction of sp³-hybridized carbons (Fsp3) is 0.0800. The minimum absolute atomic E-state index is 0.465. The van der Waals surface area contributed by atoms with E-state index in [2.05, 4.69) is 51.8 Å². The predicted molar refractivity (Wildman–Crippen MR) is 124 cm³/mol. The molecule has 3 nitrogen and oxygen atoms in total. The molecule has 0 saturated heterocycles. The molecule has 0 spiro atoms. The molecular weight excluding hydrogens is 473 g/mol. The Morgan fingerprint density at radius 1 is 0.655 bits per heavy atom. The summed E-state index contributed by atoms with van der Waals surface area (Å²) in [7, 11) is 0. The van der Waals surface area contributed by atoms with Crippen molar-refractivity contribution in [3.63, 3.8) is 0 Å². The highest BCUT2D eigenvalue weighted by Crippen LogP contribution is 2.38. The lowest BCUT2D eigenvalue weighted by Crippen LogP contribution is -2.04. The number of halogens is 1. The van der Waals surface area contributed by atoms with Crippen molar-refractivity contribution in [2.24, 2.45) is 0 Å². The zero-order valence-electron chi connectivity index (χ0n) is 15.8. The zero-order chi connectivity index (χ0) is 19.9. The van der Waals surface area contributed by atoms with Crippen LogP contribution in [-0.4, -0.2) is 4.98 Å². The van der Waals surface area contributed by atoms with Crippen LogP contribution in [0.25, 0.3) is 11.1 Å². The first-order valence-corrected chi connectivity index (χ1v) is 10.5. The van der Waals surface area contributed by atoms with Crippen LogP contribution >= 0.6 is 22.6 Å². The van der Waals surface area contributed by atoms with E-state index in [9.17, 15) is 0 Å². The van der Waals surface area contributed by atoms with Gasteiger partial charge in [-0.05, 0) is 39.3 Å². The second-order valence-electron chi connectivity index (χ2n) is 6.53. The summed E-state index contributed by atoms with van der Waals surface area (Å²) in [6.07, 6.45) is 1.83. The van der Waals surface area contributed by atoms with E-state index in [4.69, 9.17) is 9.47 Å². The van der Waals surface area contributed by atoms with E-state index in [-0.39, 0.29) is 0 Å². The summed E-state index contributed by atoms with van der Waals surface area (Å²) >= 11 is 2.27. The van der Waals surface area contributed by atoms with Gasteiger partial charge in [0.2, 0.25) is 5.88 Å². The van der Waals surface area contributed by atoms with E-state index >= 15 is 0 Å². The van der Waals surface area contributed by atoms with Crippen LogP contribution in [0.5, 0.6) is 11.6 Å². The van der Waals surface area contributed by atoms with Gasteiger partial charge in [0, 0.05) is 11.8 Å². The summed E-state index contributed by atoms with van der Waals surface area (Å²) in [5.74, 6) is 1.37. The van der Waals surface area contributed by atoms with Gasteiger partial charge in [0.05, 0.1) is 0 Å². The van der Waals surface area contributed by atoms with E-state index < -0.39 is 0 Å². The smallest absolute Gasteiger partial charge is 0.231 e. The number of aromatic nitrogens is 1. The Morgan fingerprint density at radius 3 is 1.76 bits per heavy atom. The Balaban J connectivity index is 1.64. The molecule has 144 valence electrons. The van der Waals surface area contributed by atoms with Crippen molar-refractivity contribution < 1.29 is 9.47 Å². The van der Waals surface area contributed by atoms with Gasteiger partial charge in [-0.25, -0.2) is 4.98 Å². The average molecular weight is 493 g/mol. The predicted octanol–water partition coefficient (Wildman–Crippen LogP) is 6.51. The molecule has 29 heavy (non-hydrogen) atoms. The number of ether oxygens (including phenoxy) is 2. The Kier molecular flexibility index (Phi) is 6.42. The third-order valence-corrected chi connectivity index (χ3v) is 5.42. The molecule has 4 aromatic rings. The minimum Gasteiger partial charge on any atom is -0.487 e. The number of nitrogens with zero attached hydrogens (tertiary/aromatic N) is 1. The molecule has 0 saturated carbocycles. The summed E-state index contributed by atoms with van der Waals surface area (Å²) in [6.45, 7) is 0.950. The quantitative estimate of drug-likeness (QED) is 0.275. The molecule has 0 bridgehead atoms. The molecule has 0 unspecified atom stereocenters. The summed E-state index contributed by atoms with van der Waals surface area (Å²) in [5.41, 5.74) is 4.24. The van der Waals surface area contributed by atoms with Crippen molar-refractivity contribution in [1.29, 1.82) is 0 Å². The summed E-state index contributed by atoms with van der Waals surface area (Å²) in [6, 6.07) is 30.4. The molecule has 0 aliphatic heterocycles. The van der Waals surface area contributed by atoms with Crippen molar-refractivity contribution in [3.8, 4) is 22.8 Å². The number of hydrogen-bond acceptors (Lipinski definition) is 3. The van der Waals surface area contributed by atoms with Gasteiger partial charge in [-0.3, -0.25) is 0 Å². The molecule has 0 N–H and O–H groups in total. The van der Waals surface area contributed by atoms with Crippen molar-refractivity contribution in [3.05, 3.63) is 112 Å². The first-order chi connectivity index (χ1) is 14.3. The third kappa shape index (κ3) is 4.95. The molecule has 0 atom stereocenters. The highest BCUT2D eigenvalue weighted by atomic mass is 127. The molecule has 0 fully saturated rings. The first kappa shape index (κ1) is 19.5. The van der Waals surface area contributed by atoms with Gasteiger partial charge in [-0.1, -0.05) is 91.0 Å². The minimum atomic E-state index is 0.465. The van der Waals surface area contributed by atoms with Crippen LogP contribution in [0, 0.1) is 3.57 Å². The molecule has 0 radical (unpaired) electrons. The van der Waals surface area contributed by atoms with Crippen LogP contribution in [0.3, 0.4) is 0 Å². The van der Waals surface area contributed by atoms with E-state index in [0.29, 0.717) is 19.1 Å². The lowest BCUT2D eigenvalue weighted by atomic mass is 10.1. The molecular formula is C25H20INO2. The normalized spacial score (nSPS) is 10.5. The number of benzene rings is 3. The second-order valence-corrected chi connectivity index (χ2v) is 7.61. The fourth-order valence-corrected chi connectivity index (χ4v) is 3.72. The third-order valence-electron chi connectivity index (χ3n) is 4.47. The van der Waals surface area contributed by atoms with Gasteiger partial charge >= 0.3 is 0 Å². The standard InChI is InChI=1S/C25H20INO2/c26-23-24(28-17-19-10-4-1-5-11-19)22(21-14-8-3-9-15-21)16-27-25(23)29-18-20-12-6-2-7-13-20/h1-16H,17-18H2. The Bertz CT molecular complexity index is 1050. The van der Waals surface area contributed by atoms with Crippen molar-refractivity contribution in [2.75, 3.05) is 0 Å². The summed E-state index contributed by atoms with van der Waals surface area (Å²) in [4.78, 5) is 4.58. The van der Waals surface area contributed by atoms with Gasteiger partial charge in [0.15, 0.2) is 0 Å². The maximum atomic E-state index is 6.27. The molecule has 4 rings (SSSR count). The Hall–Kier alpha value is -2.86. The topological polar surface area (TPSA) is 31.4 Å². The van der Waals surface area contributed by atoms with E-state index in [1.807, 2.05) is 72.9 Å². The molecule has 0 aliphatic carbocycles. The van der Waals surface area contributed by atoms with E-state index in [1.165, 1.54) is 0 Å². The van der Waals surface area contributed by atoms with Crippen LogP contribution in [0.1, 0.15) is 11.1 Å². The lowest BCUT2D eigenvalue weighted by Gasteiger charge is -2.16. The number of rotatable bonds is 7. The second kappa shape index (κ2) is 9.56. The molecule has 4 heteroatoms. The molecule has 1 heterocycles. The Labute approximate surface area is 184 Å².